The standard InChI is InChI=1S/C14H19N4O2/c1-9(2)17-14(20)18(10(3)4)16-13(15-17)11-6-5-7-12(19)8-11/h5-10,19H,1-4H3. The Morgan fingerprint density at radius 3 is 2.30 bits per heavy atom. The summed E-state index contributed by atoms with van der Waals surface area (Å²) in [6.07, 6.45) is 0. The van der Waals surface area contributed by atoms with Crippen molar-refractivity contribution in [3.8, 4) is 5.75 Å². The number of benzene rings is 1. The van der Waals surface area contributed by atoms with Gasteiger partial charge in [0, 0.05) is 5.56 Å². The molecule has 0 aromatic heterocycles. The highest BCUT2D eigenvalue weighted by Gasteiger charge is 2.33. The fraction of sp³-hybridized carbons (Fsp3) is 0.429. The van der Waals surface area contributed by atoms with Crippen molar-refractivity contribution in [2.24, 2.45) is 5.10 Å². The third kappa shape index (κ3) is 2.68. The second-order valence-corrected chi connectivity index (χ2v) is 5.23. The Kier molecular flexibility index (Phi) is 3.83. The van der Waals surface area contributed by atoms with Crippen molar-refractivity contribution < 1.29 is 9.90 Å². The molecule has 6 nitrogen and oxygen atoms in total. The number of amidine groups is 1. The van der Waals surface area contributed by atoms with Crippen molar-refractivity contribution in [2.45, 2.75) is 39.8 Å². The number of phenolic OH excluding ortho intramolecular Hbond substituents is 1. The molecule has 0 fully saturated rings. The van der Waals surface area contributed by atoms with Crippen molar-refractivity contribution >= 4 is 11.9 Å². The molecule has 0 unspecified atom stereocenters. The van der Waals surface area contributed by atoms with Crippen molar-refractivity contribution in [2.75, 3.05) is 0 Å². The normalized spacial score (nSPS) is 15.7. The van der Waals surface area contributed by atoms with Crippen LogP contribution >= 0.6 is 0 Å². The Morgan fingerprint density at radius 1 is 1.10 bits per heavy atom. The van der Waals surface area contributed by atoms with Crippen molar-refractivity contribution in [1.82, 2.24) is 15.4 Å². The molecular formula is C14H19N4O2. The highest BCUT2D eigenvalue weighted by atomic mass is 16.3. The molecule has 2 amide bonds. The maximum atomic E-state index is 12.3. The third-order valence-corrected chi connectivity index (χ3v) is 2.88. The fourth-order valence-electron chi connectivity index (χ4n) is 1.85. The minimum absolute atomic E-state index is 0.0634. The van der Waals surface area contributed by atoms with Gasteiger partial charge in [0.1, 0.15) is 5.75 Å². The van der Waals surface area contributed by atoms with E-state index in [1.807, 2.05) is 27.7 Å². The number of urea groups is 1. The van der Waals surface area contributed by atoms with Gasteiger partial charge in [-0.2, -0.15) is 0 Å². The number of hydrazone groups is 1. The molecule has 1 N–H and O–H groups in total. The highest BCUT2D eigenvalue weighted by Crippen LogP contribution is 2.18. The summed E-state index contributed by atoms with van der Waals surface area (Å²) in [7, 11) is 0. The van der Waals surface area contributed by atoms with Crippen molar-refractivity contribution in [3.63, 3.8) is 0 Å². The van der Waals surface area contributed by atoms with Crippen LogP contribution in [0.25, 0.3) is 0 Å². The molecule has 0 saturated carbocycles. The molecule has 107 valence electrons. The molecule has 1 aliphatic rings. The maximum Gasteiger partial charge on any atom is 0.361 e. The predicted octanol–water partition coefficient (Wildman–Crippen LogP) is 2.13. The minimum Gasteiger partial charge on any atom is -0.508 e. The number of nitrogens with zero attached hydrogens (tertiary/aromatic N) is 4. The van der Waals surface area contributed by atoms with Crippen LogP contribution in [0.2, 0.25) is 0 Å². The first-order valence-corrected chi connectivity index (χ1v) is 6.62. The fourth-order valence-corrected chi connectivity index (χ4v) is 1.85. The van der Waals surface area contributed by atoms with E-state index in [0.717, 1.165) is 0 Å². The first kappa shape index (κ1) is 14.2. The molecule has 1 aromatic rings. The smallest absolute Gasteiger partial charge is 0.361 e. The second-order valence-electron chi connectivity index (χ2n) is 5.23. The topological polar surface area (TPSA) is 70.2 Å². The number of carbonyl (C=O) groups is 1. The van der Waals surface area contributed by atoms with E-state index in [9.17, 15) is 9.90 Å². The van der Waals surface area contributed by atoms with Crippen molar-refractivity contribution in [3.05, 3.63) is 29.8 Å². The predicted molar refractivity (Wildman–Crippen MR) is 76.1 cm³/mol. The van der Waals surface area contributed by atoms with Gasteiger partial charge < -0.3 is 5.11 Å². The summed E-state index contributed by atoms with van der Waals surface area (Å²) in [6.45, 7) is 7.58. The van der Waals surface area contributed by atoms with Gasteiger partial charge in [0.25, 0.3) is 0 Å². The van der Waals surface area contributed by atoms with E-state index in [4.69, 9.17) is 0 Å². The van der Waals surface area contributed by atoms with E-state index in [1.165, 1.54) is 10.0 Å². The SMILES string of the molecule is CC(C)N1[N]C(c2cccc(O)c2)=NN(C(C)C)C1=O. The molecule has 1 aromatic carbocycles. The summed E-state index contributed by atoms with van der Waals surface area (Å²) in [5.41, 5.74) is 4.96. The quantitative estimate of drug-likeness (QED) is 0.918. The van der Waals surface area contributed by atoms with Crippen LogP contribution in [0.5, 0.6) is 5.75 Å². The van der Waals surface area contributed by atoms with Gasteiger partial charge in [0.05, 0.1) is 12.1 Å². The molecule has 1 heterocycles. The molecule has 1 aliphatic heterocycles. The van der Waals surface area contributed by atoms with Gasteiger partial charge >= 0.3 is 6.03 Å². The van der Waals surface area contributed by atoms with Crippen LogP contribution in [0, 0.1) is 0 Å². The number of hydrogen-bond acceptors (Lipinski definition) is 3. The van der Waals surface area contributed by atoms with Gasteiger partial charge in [-0.3, -0.25) is 0 Å². The van der Waals surface area contributed by atoms with Gasteiger partial charge in [0.2, 0.25) is 0 Å². The third-order valence-electron chi connectivity index (χ3n) is 2.88. The number of hydrogen-bond donors (Lipinski definition) is 1. The Morgan fingerprint density at radius 2 is 1.75 bits per heavy atom. The molecular weight excluding hydrogens is 256 g/mol. The molecule has 20 heavy (non-hydrogen) atoms. The lowest BCUT2D eigenvalue weighted by molar-refractivity contribution is 0.104. The summed E-state index contributed by atoms with van der Waals surface area (Å²) in [5, 5.41) is 16.7. The monoisotopic (exact) mass is 275 g/mol. The number of rotatable bonds is 3. The number of carbonyl (C=O) groups excluding carboxylic acids is 1. The van der Waals surface area contributed by atoms with Gasteiger partial charge in [0.15, 0.2) is 5.84 Å². The highest BCUT2D eigenvalue weighted by molar-refractivity contribution is 6.01. The van der Waals surface area contributed by atoms with Crippen LogP contribution in [0.15, 0.2) is 29.4 Å². The molecule has 0 aliphatic carbocycles. The largest absolute Gasteiger partial charge is 0.508 e. The summed E-state index contributed by atoms with van der Waals surface area (Å²) < 4.78 is 0. The van der Waals surface area contributed by atoms with Crippen LogP contribution in [0.3, 0.4) is 0 Å². The van der Waals surface area contributed by atoms with Gasteiger partial charge in [-0.05, 0) is 39.8 Å². The van der Waals surface area contributed by atoms with Crippen LogP contribution < -0.4 is 5.43 Å². The Bertz CT molecular complexity index is 540. The summed E-state index contributed by atoms with van der Waals surface area (Å²) >= 11 is 0. The van der Waals surface area contributed by atoms with Crippen LogP contribution in [0.4, 0.5) is 4.79 Å². The zero-order valence-electron chi connectivity index (χ0n) is 12.1. The first-order chi connectivity index (χ1) is 9.40. The average Bonchev–Trinajstić information content (AvgIpc) is 2.38. The van der Waals surface area contributed by atoms with Crippen LogP contribution in [-0.4, -0.2) is 39.1 Å². The summed E-state index contributed by atoms with van der Waals surface area (Å²) in [4.78, 5) is 12.3. The number of aromatic hydroxyl groups is 1. The molecule has 0 spiro atoms. The average molecular weight is 275 g/mol. The van der Waals surface area contributed by atoms with Gasteiger partial charge in [-0.15, -0.1) is 10.5 Å². The van der Waals surface area contributed by atoms with E-state index in [1.54, 1.807) is 24.3 Å². The minimum atomic E-state index is -0.237. The molecule has 1 radical (unpaired) electrons. The van der Waals surface area contributed by atoms with E-state index < -0.39 is 0 Å². The zero-order valence-corrected chi connectivity index (χ0v) is 12.1. The second kappa shape index (κ2) is 5.40. The zero-order chi connectivity index (χ0) is 14.9. The van der Waals surface area contributed by atoms with E-state index in [2.05, 4.69) is 10.5 Å². The van der Waals surface area contributed by atoms with E-state index in [-0.39, 0.29) is 23.9 Å². The lowest BCUT2D eigenvalue weighted by atomic mass is 10.2. The lowest BCUT2D eigenvalue weighted by Gasteiger charge is -2.35. The molecule has 0 saturated heterocycles. The number of phenols is 1. The summed E-state index contributed by atoms with van der Waals surface area (Å²) in [6, 6.07) is 6.32. The Balaban J connectivity index is 2.41. The van der Waals surface area contributed by atoms with E-state index >= 15 is 0 Å². The van der Waals surface area contributed by atoms with Crippen LogP contribution in [0.1, 0.15) is 33.3 Å². The van der Waals surface area contributed by atoms with Crippen molar-refractivity contribution in [1.29, 1.82) is 0 Å². The Labute approximate surface area is 118 Å². The Hall–Kier alpha value is -2.24. The lowest BCUT2D eigenvalue weighted by Crippen LogP contribution is -2.56. The molecule has 6 heteroatoms. The van der Waals surface area contributed by atoms with E-state index in [0.29, 0.717) is 11.4 Å². The maximum absolute atomic E-state index is 12.3. The molecule has 0 atom stereocenters. The van der Waals surface area contributed by atoms with Gasteiger partial charge in [-0.25, -0.2) is 14.8 Å². The van der Waals surface area contributed by atoms with Crippen LogP contribution in [-0.2, 0) is 0 Å². The molecule has 0 bridgehead atoms. The first-order valence-electron chi connectivity index (χ1n) is 6.62. The number of amides is 2. The molecule has 2 rings (SSSR count). The summed E-state index contributed by atoms with van der Waals surface area (Å²) in [5.74, 6) is 0.562. The van der Waals surface area contributed by atoms with Gasteiger partial charge in [-0.1, -0.05) is 12.1 Å².